The van der Waals surface area contributed by atoms with Gasteiger partial charge in [-0.25, -0.2) is 4.98 Å². The van der Waals surface area contributed by atoms with Crippen LogP contribution in [0.15, 0.2) is 34.7 Å². The summed E-state index contributed by atoms with van der Waals surface area (Å²) in [5.41, 5.74) is 0.976. The summed E-state index contributed by atoms with van der Waals surface area (Å²) in [7, 11) is 1.67. The van der Waals surface area contributed by atoms with Crippen LogP contribution >= 0.6 is 11.3 Å². The number of benzene rings is 1. The first-order valence-corrected chi connectivity index (χ1v) is 6.80. The normalized spacial score (nSPS) is 10.8. The molecule has 0 atom stereocenters. The molecule has 0 amide bonds. The van der Waals surface area contributed by atoms with E-state index in [1.807, 2.05) is 37.3 Å². The molecule has 98 valence electrons. The molecule has 3 rings (SSSR count). The van der Waals surface area contributed by atoms with Crippen LogP contribution in [0.2, 0.25) is 0 Å². The highest BCUT2D eigenvalue weighted by Crippen LogP contribution is 2.29. The van der Waals surface area contributed by atoms with Gasteiger partial charge in [-0.2, -0.15) is 0 Å². The van der Waals surface area contributed by atoms with Crippen LogP contribution < -0.4 is 10.1 Å². The maximum absolute atomic E-state index is 5.51. The third-order valence-electron chi connectivity index (χ3n) is 2.81. The summed E-state index contributed by atoms with van der Waals surface area (Å²) in [4.78, 5) is 4.52. The topological polar surface area (TPSA) is 47.3 Å². The second-order valence-electron chi connectivity index (χ2n) is 4.22. The number of furan rings is 1. The number of ether oxygens (including phenoxy) is 1. The Morgan fingerprint density at radius 2 is 2.21 bits per heavy atom. The van der Waals surface area contributed by atoms with E-state index in [0.717, 1.165) is 32.6 Å². The molecule has 19 heavy (non-hydrogen) atoms. The standard InChI is InChI=1S/C14H14N2O2S/c1-9-3-4-11(18-9)8-15-14-16-12-6-5-10(17-2)7-13(12)19-14/h3-7H,8H2,1-2H3,(H,15,16). The Balaban J connectivity index is 1.77. The maximum atomic E-state index is 5.51. The van der Waals surface area contributed by atoms with Crippen molar-refractivity contribution in [2.45, 2.75) is 13.5 Å². The Labute approximate surface area is 115 Å². The van der Waals surface area contributed by atoms with Crippen LogP contribution in [0.4, 0.5) is 5.13 Å². The van der Waals surface area contributed by atoms with E-state index in [1.54, 1.807) is 18.4 Å². The van der Waals surface area contributed by atoms with Crippen molar-refractivity contribution in [3.8, 4) is 5.75 Å². The van der Waals surface area contributed by atoms with Gasteiger partial charge < -0.3 is 14.5 Å². The molecule has 3 aromatic rings. The molecule has 2 aromatic heterocycles. The molecular weight excluding hydrogens is 260 g/mol. The van der Waals surface area contributed by atoms with Crippen molar-refractivity contribution in [3.05, 3.63) is 41.9 Å². The highest BCUT2D eigenvalue weighted by molar-refractivity contribution is 7.22. The van der Waals surface area contributed by atoms with Crippen LogP contribution in [0.3, 0.4) is 0 Å². The lowest BCUT2D eigenvalue weighted by atomic mass is 10.3. The van der Waals surface area contributed by atoms with E-state index in [2.05, 4.69) is 10.3 Å². The van der Waals surface area contributed by atoms with Crippen molar-refractivity contribution in [2.24, 2.45) is 0 Å². The van der Waals surface area contributed by atoms with Crippen molar-refractivity contribution >= 4 is 26.7 Å². The number of hydrogen-bond donors (Lipinski definition) is 1. The zero-order chi connectivity index (χ0) is 13.2. The van der Waals surface area contributed by atoms with Crippen LogP contribution in [0, 0.1) is 6.92 Å². The second kappa shape index (κ2) is 4.93. The van der Waals surface area contributed by atoms with Gasteiger partial charge in [0.25, 0.3) is 0 Å². The van der Waals surface area contributed by atoms with Gasteiger partial charge in [0.05, 0.1) is 23.9 Å². The zero-order valence-electron chi connectivity index (χ0n) is 10.8. The largest absolute Gasteiger partial charge is 0.497 e. The van der Waals surface area contributed by atoms with E-state index in [-0.39, 0.29) is 0 Å². The van der Waals surface area contributed by atoms with Crippen LogP contribution in [-0.2, 0) is 6.54 Å². The van der Waals surface area contributed by atoms with E-state index in [1.165, 1.54) is 0 Å². The highest BCUT2D eigenvalue weighted by atomic mass is 32.1. The molecule has 1 aromatic carbocycles. The predicted molar refractivity (Wildman–Crippen MR) is 76.9 cm³/mol. The van der Waals surface area contributed by atoms with Crippen LogP contribution in [0.5, 0.6) is 5.75 Å². The number of methoxy groups -OCH3 is 1. The first-order valence-electron chi connectivity index (χ1n) is 5.98. The number of thiazole rings is 1. The van der Waals surface area contributed by atoms with Crippen molar-refractivity contribution < 1.29 is 9.15 Å². The van der Waals surface area contributed by atoms with E-state index in [0.29, 0.717) is 6.54 Å². The highest BCUT2D eigenvalue weighted by Gasteiger charge is 2.05. The molecule has 0 saturated heterocycles. The molecule has 1 N–H and O–H groups in total. The molecule has 0 radical (unpaired) electrons. The van der Waals surface area contributed by atoms with Gasteiger partial charge in [0.2, 0.25) is 0 Å². The lowest BCUT2D eigenvalue weighted by Gasteiger charge is -1.97. The second-order valence-corrected chi connectivity index (χ2v) is 5.25. The summed E-state index contributed by atoms with van der Waals surface area (Å²) in [6.45, 7) is 2.58. The summed E-state index contributed by atoms with van der Waals surface area (Å²) in [5, 5.41) is 4.16. The monoisotopic (exact) mass is 274 g/mol. The van der Waals surface area contributed by atoms with Gasteiger partial charge in [0, 0.05) is 0 Å². The zero-order valence-corrected chi connectivity index (χ0v) is 11.6. The predicted octanol–water partition coefficient (Wildman–Crippen LogP) is 3.82. The van der Waals surface area contributed by atoms with Gasteiger partial charge in [-0.1, -0.05) is 11.3 Å². The number of anilines is 1. The molecule has 0 aliphatic rings. The first kappa shape index (κ1) is 12.0. The molecule has 0 spiro atoms. The van der Waals surface area contributed by atoms with E-state index in [9.17, 15) is 0 Å². The molecule has 0 fully saturated rings. The fourth-order valence-corrected chi connectivity index (χ4v) is 2.74. The number of nitrogens with zero attached hydrogens (tertiary/aromatic N) is 1. The summed E-state index contributed by atoms with van der Waals surface area (Å²) >= 11 is 1.61. The molecule has 5 heteroatoms. The van der Waals surface area contributed by atoms with Crippen molar-refractivity contribution in [3.63, 3.8) is 0 Å². The fourth-order valence-electron chi connectivity index (χ4n) is 1.85. The van der Waals surface area contributed by atoms with Crippen molar-refractivity contribution in [1.29, 1.82) is 0 Å². The van der Waals surface area contributed by atoms with E-state index >= 15 is 0 Å². The molecule has 2 heterocycles. The number of hydrogen-bond acceptors (Lipinski definition) is 5. The number of aromatic nitrogens is 1. The van der Waals surface area contributed by atoms with Gasteiger partial charge in [-0.15, -0.1) is 0 Å². The Morgan fingerprint density at radius 3 is 2.95 bits per heavy atom. The lowest BCUT2D eigenvalue weighted by molar-refractivity contribution is 0.415. The molecule has 0 saturated carbocycles. The molecule has 0 aliphatic heterocycles. The van der Waals surface area contributed by atoms with E-state index in [4.69, 9.17) is 9.15 Å². The number of nitrogens with one attached hydrogen (secondary N) is 1. The van der Waals surface area contributed by atoms with Gasteiger partial charge >= 0.3 is 0 Å². The Bertz CT molecular complexity index is 702. The molecule has 0 unspecified atom stereocenters. The molecule has 0 bridgehead atoms. The minimum atomic E-state index is 0.644. The number of aryl methyl sites for hydroxylation is 1. The molecular formula is C14H14N2O2S. The smallest absolute Gasteiger partial charge is 0.184 e. The third-order valence-corrected chi connectivity index (χ3v) is 3.78. The summed E-state index contributed by atoms with van der Waals surface area (Å²) in [6.07, 6.45) is 0. The minimum absolute atomic E-state index is 0.644. The maximum Gasteiger partial charge on any atom is 0.184 e. The van der Waals surface area contributed by atoms with Crippen molar-refractivity contribution in [1.82, 2.24) is 4.98 Å². The quantitative estimate of drug-likeness (QED) is 0.785. The average molecular weight is 274 g/mol. The fraction of sp³-hybridized carbons (Fsp3) is 0.214. The Hall–Kier alpha value is -2.01. The molecule has 0 aliphatic carbocycles. The minimum Gasteiger partial charge on any atom is -0.497 e. The van der Waals surface area contributed by atoms with Gasteiger partial charge in [0.15, 0.2) is 5.13 Å². The van der Waals surface area contributed by atoms with Gasteiger partial charge in [-0.05, 0) is 37.3 Å². The first-order chi connectivity index (χ1) is 9.24. The summed E-state index contributed by atoms with van der Waals surface area (Å²) < 4.78 is 11.8. The van der Waals surface area contributed by atoms with E-state index < -0.39 is 0 Å². The Kier molecular flexibility index (Phi) is 3.13. The SMILES string of the molecule is COc1ccc2nc(NCc3ccc(C)o3)sc2c1. The number of fused-ring (bicyclic) bond motifs is 1. The number of rotatable bonds is 4. The average Bonchev–Trinajstić information content (AvgIpc) is 3.01. The van der Waals surface area contributed by atoms with Crippen LogP contribution in [0.1, 0.15) is 11.5 Å². The van der Waals surface area contributed by atoms with Crippen molar-refractivity contribution in [2.75, 3.05) is 12.4 Å². The van der Waals surface area contributed by atoms with Gasteiger partial charge in [0.1, 0.15) is 17.3 Å². The van der Waals surface area contributed by atoms with Crippen LogP contribution in [0.25, 0.3) is 10.2 Å². The Morgan fingerprint density at radius 1 is 1.32 bits per heavy atom. The summed E-state index contributed by atoms with van der Waals surface area (Å²) in [5.74, 6) is 2.68. The lowest BCUT2D eigenvalue weighted by Crippen LogP contribution is -1.96. The molecule has 4 nitrogen and oxygen atoms in total. The van der Waals surface area contributed by atoms with Gasteiger partial charge in [-0.3, -0.25) is 0 Å². The summed E-state index contributed by atoms with van der Waals surface area (Å²) in [6, 6.07) is 9.81. The van der Waals surface area contributed by atoms with Crippen LogP contribution in [-0.4, -0.2) is 12.1 Å². The third kappa shape index (κ3) is 2.56.